The van der Waals surface area contributed by atoms with Crippen molar-refractivity contribution in [3.63, 3.8) is 0 Å². The summed E-state index contributed by atoms with van der Waals surface area (Å²) in [6, 6.07) is 11.0. The van der Waals surface area contributed by atoms with E-state index >= 15 is 0 Å². The van der Waals surface area contributed by atoms with Crippen LogP contribution in [0.4, 0.5) is 5.69 Å². The third kappa shape index (κ3) is 5.24. The summed E-state index contributed by atoms with van der Waals surface area (Å²) < 4.78 is 12.8. The van der Waals surface area contributed by atoms with E-state index in [0.717, 1.165) is 11.1 Å². The number of aliphatic carboxylic acids is 1. The number of carbonyl (C=O) groups excluding carboxylic acids is 2. The molecule has 3 aliphatic rings. The fourth-order valence-electron chi connectivity index (χ4n) is 5.85. The molecule has 3 heterocycles. The second kappa shape index (κ2) is 10.5. The largest absolute Gasteiger partial charge is 0.489 e. The predicted octanol–water partition coefficient (Wildman–Crippen LogP) is 4.99. The van der Waals surface area contributed by atoms with Crippen molar-refractivity contribution in [1.82, 2.24) is 4.90 Å². The molecule has 0 bridgehead atoms. The molecule has 0 spiro atoms. The van der Waals surface area contributed by atoms with Gasteiger partial charge in [0.2, 0.25) is 5.91 Å². The SMILES string of the molecule is Cc1cc2c3c(c1)[C@@H](c1ccccc1Cl)O[C@H](CC(=O)N1CCC[C@H](C(=O)O)C1)C(=O)N3[C@@H](C(C)(C)C)CO2. The zero-order valence-corrected chi connectivity index (χ0v) is 23.5. The van der Waals surface area contributed by atoms with Gasteiger partial charge < -0.3 is 19.5 Å². The van der Waals surface area contributed by atoms with Crippen LogP contribution < -0.4 is 9.64 Å². The van der Waals surface area contributed by atoms with Crippen LogP contribution in [0, 0.1) is 18.3 Å². The van der Waals surface area contributed by atoms with Gasteiger partial charge >= 0.3 is 5.97 Å². The number of benzene rings is 2. The Bertz CT molecular complexity index is 1300. The average Bonchev–Trinajstić information content (AvgIpc) is 3.00. The van der Waals surface area contributed by atoms with Crippen LogP contribution in [0.2, 0.25) is 5.02 Å². The monoisotopic (exact) mass is 554 g/mol. The number of hydrogen-bond acceptors (Lipinski definition) is 5. The number of halogens is 1. The zero-order chi connectivity index (χ0) is 28.1. The maximum atomic E-state index is 14.4. The molecule has 2 aromatic carbocycles. The Morgan fingerprint density at radius 1 is 1.15 bits per heavy atom. The van der Waals surface area contributed by atoms with Crippen LogP contribution in [0.25, 0.3) is 0 Å². The molecule has 5 rings (SSSR count). The van der Waals surface area contributed by atoms with E-state index in [4.69, 9.17) is 21.1 Å². The third-order valence-electron chi connectivity index (χ3n) is 7.96. The second-order valence-electron chi connectivity index (χ2n) is 11.8. The molecule has 0 radical (unpaired) electrons. The molecule has 208 valence electrons. The number of anilines is 1. The van der Waals surface area contributed by atoms with Gasteiger partial charge in [-0.05, 0) is 42.9 Å². The molecule has 2 aromatic rings. The number of piperidine rings is 1. The van der Waals surface area contributed by atoms with Crippen molar-refractivity contribution >= 4 is 35.1 Å². The molecule has 0 aromatic heterocycles. The Morgan fingerprint density at radius 2 is 1.90 bits per heavy atom. The van der Waals surface area contributed by atoms with Crippen molar-refractivity contribution in [2.24, 2.45) is 11.3 Å². The number of amides is 2. The molecule has 0 aliphatic carbocycles. The number of aryl methyl sites for hydroxylation is 1. The van der Waals surface area contributed by atoms with E-state index in [1.807, 2.05) is 37.3 Å². The van der Waals surface area contributed by atoms with Gasteiger partial charge in [-0.3, -0.25) is 19.3 Å². The van der Waals surface area contributed by atoms with Crippen molar-refractivity contribution < 1.29 is 29.0 Å². The Balaban J connectivity index is 1.60. The summed E-state index contributed by atoms with van der Waals surface area (Å²) in [5.41, 5.74) is 2.74. The lowest BCUT2D eigenvalue weighted by Gasteiger charge is -2.44. The van der Waals surface area contributed by atoms with Gasteiger partial charge in [0, 0.05) is 29.2 Å². The maximum absolute atomic E-state index is 14.4. The Labute approximate surface area is 233 Å². The highest BCUT2D eigenvalue weighted by Gasteiger charge is 2.48. The van der Waals surface area contributed by atoms with Crippen molar-refractivity contribution in [2.45, 2.75) is 65.2 Å². The molecule has 2 amide bonds. The minimum Gasteiger partial charge on any atom is -0.489 e. The van der Waals surface area contributed by atoms with Crippen molar-refractivity contribution in [2.75, 3.05) is 24.6 Å². The summed E-state index contributed by atoms with van der Waals surface area (Å²) in [6.45, 7) is 9.05. The first-order valence-electron chi connectivity index (χ1n) is 13.5. The lowest BCUT2D eigenvalue weighted by molar-refractivity contribution is -0.149. The lowest BCUT2D eigenvalue weighted by Crippen LogP contribution is -2.56. The Kier molecular flexibility index (Phi) is 7.37. The molecule has 8 nitrogen and oxygen atoms in total. The second-order valence-corrected chi connectivity index (χ2v) is 12.3. The average molecular weight is 555 g/mol. The number of carboxylic acids is 1. The summed E-state index contributed by atoms with van der Waals surface area (Å²) in [6.07, 6.45) is -0.858. The van der Waals surface area contributed by atoms with Gasteiger partial charge in [-0.2, -0.15) is 0 Å². The first kappa shape index (κ1) is 27.5. The number of ether oxygens (including phenoxy) is 2. The highest BCUT2D eigenvalue weighted by atomic mass is 35.5. The van der Waals surface area contributed by atoms with Gasteiger partial charge in [0.25, 0.3) is 5.91 Å². The van der Waals surface area contributed by atoms with Crippen LogP contribution >= 0.6 is 11.6 Å². The number of carboxylic acid groups (broad SMARTS) is 1. The summed E-state index contributed by atoms with van der Waals surface area (Å²) in [5.74, 6) is -1.51. The van der Waals surface area contributed by atoms with Gasteiger partial charge in [0.05, 0.1) is 24.1 Å². The lowest BCUT2D eigenvalue weighted by atomic mass is 9.84. The van der Waals surface area contributed by atoms with Crippen molar-refractivity contribution in [3.8, 4) is 5.75 Å². The minimum atomic E-state index is -1.09. The summed E-state index contributed by atoms with van der Waals surface area (Å²) in [7, 11) is 0. The van der Waals surface area contributed by atoms with Crippen LogP contribution in [-0.2, 0) is 19.1 Å². The third-order valence-corrected chi connectivity index (χ3v) is 8.31. The van der Waals surface area contributed by atoms with Gasteiger partial charge in [0.1, 0.15) is 24.6 Å². The van der Waals surface area contributed by atoms with Gasteiger partial charge in [-0.15, -0.1) is 0 Å². The van der Waals surface area contributed by atoms with Gasteiger partial charge in [0.15, 0.2) is 0 Å². The summed E-state index contributed by atoms with van der Waals surface area (Å²) in [5, 5.41) is 10.00. The van der Waals surface area contributed by atoms with Crippen LogP contribution in [-0.4, -0.2) is 59.6 Å². The highest BCUT2D eigenvalue weighted by Crippen LogP contribution is 2.49. The topological polar surface area (TPSA) is 96.4 Å². The van der Waals surface area contributed by atoms with Crippen molar-refractivity contribution in [3.05, 3.63) is 58.1 Å². The first-order valence-corrected chi connectivity index (χ1v) is 13.8. The number of likely N-dealkylation sites (tertiary alicyclic amines) is 1. The van der Waals surface area contributed by atoms with Crippen LogP contribution in [0.1, 0.15) is 62.8 Å². The molecule has 1 saturated heterocycles. The fraction of sp³-hybridized carbons (Fsp3) is 0.500. The van der Waals surface area contributed by atoms with Crippen molar-refractivity contribution in [1.29, 1.82) is 0 Å². The molecule has 9 heteroatoms. The molecular weight excluding hydrogens is 520 g/mol. The summed E-state index contributed by atoms with van der Waals surface area (Å²) >= 11 is 6.66. The van der Waals surface area contributed by atoms with E-state index in [0.29, 0.717) is 48.0 Å². The molecule has 0 saturated carbocycles. The van der Waals surface area contributed by atoms with E-state index in [-0.39, 0.29) is 36.2 Å². The molecule has 4 atom stereocenters. The predicted molar refractivity (Wildman–Crippen MR) is 147 cm³/mol. The number of nitrogens with zero attached hydrogens (tertiary/aromatic N) is 2. The number of carbonyl (C=O) groups is 3. The zero-order valence-electron chi connectivity index (χ0n) is 22.8. The van der Waals surface area contributed by atoms with E-state index in [1.165, 1.54) is 0 Å². The van der Waals surface area contributed by atoms with Crippen LogP contribution in [0.3, 0.4) is 0 Å². The minimum absolute atomic E-state index is 0.134. The number of hydrogen-bond donors (Lipinski definition) is 1. The van der Waals surface area contributed by atoms with E-state index in [2.05, 4.69) is 20.8 Å². The summed E-state index contributed by atoms with van der Waals surface area (Å²) in [4.78, 5) is 42.8. The van der Waals surface area contributed by atoms with Gasteiger partial charge in [-0.1, -0.05) is 56.6 Å². The fourth-order valence-corrected chi connectivity index (χ4v) is 6.08. The molecule has 0 unspecified atom stereocenters. The van der Waals surface area contributed by atoms with E-state index in [1.54, 1.807) is 15.9 Å². The maximum Gasteiger partial charge on any atom is 0.308 e. The van der Waals surface area contributed by atoms with Gasteiger partial charge in [-0.25, -0.2) is 0 Å². The molecule has 39 heavy (non-hydrogen) atoms. The smallest absolute Gasteiger partial charge is 0.308 e. The standard InChI is InChI=1S/C30H35ClN2O6/c1-17-12-20-26-22(13-17)38-16-24(30(2,3)4)33(26)28(35)23(39-27(20)19-9-5-6-10-21(19)31)14-25(34)32-11-7-8-18(15-32)29(36)37/h5-6,9-10,12-13,18,23-24,27H,7-8,11,14-16H2,1-4H3,(H,36,37)/t18-,23+,24+,27+/m0/s1. The van der Waals surface area contributed by atoms with Crippen LogP contribution in [0.5, 0.6) is 5.75 Å². The Morgan fingerprint density at radius 3 is 2.59 bits per heavy atom. The van der Waals surface area contributed by atoms with Crippen LogP contribution in [0.15, 0.2) is 36.4 Å². The Hall–Kier alpha value is -3.10. The quantitative estimate of drug-likeness (QED) is 0.572. The normalized spacial score (nSPS) is 25.0. The first-order chi connectivity index (χ1) is 18.5. The molecule has 3 aliphatic heterocycles. The molecular formula is C30H35ClN2O6. The number of rotatable bonds is 4. The highest BCUT2D eigenvalue weighted by molar-refractivity contribution is 6.31. The van der Waals surface area contributed by atoms with E-state index in [9.17, 15) is 19.5 Å². The van der Waals surface area contributed by atoms with E-state index < -0.39 is 24.1 Å². The molecule has 1 N–H and O–H groups in total. The molecule has 1 fully saturated rings.